The second kappa shape index (κ2) is 8.34. The molecule has 0 atom stereocenters. The Hall–Kier alpha value is -0.980. The van der Waals surface area contributed by atoms with Crippen LogP contribution in [0.2, 0.25) is 0 Å². The zero-order valence-corrected chi connectivity index (χ0v) is 14.5. The van der Waals surface area contributed by atoms with E-state index in [-0.39, 0.29) is 24.0 Å². The highest BCUT2D eigenvalue weighted by Crippen LogP contribution is 2.24. The molecule has 4 nitrogen and oxygen atoms in total. The highest BCUT2D eigenvalue weighted by Gasteiger charge is 2.27. The van der Waals surface area contributed by atoms with E-state index in [2.05, 4.69) is 22.0 Å². The lowest BCUT2D eigenvalue weighted by molar-refractivity contribution is 0.414. The number of hydrogen-bond acceptors (Lipinski definition) is 2. The van der Waals surface area contributed by atoms with Gasteiger partial charge in [-0.25, -0.2) is 0 Å². The molecule has 1 aliphatic carbocycles. The van der Waals surface area contributed by atoms with Crippen LogP contribution in [0.4, 0.5) is 0 Å². The van der Waals surface area contributed by atoms with Gasteiger partial charge < -0.3 is 15.4 Å². The van der Waals surface area contributed by atoms with Gasteiger partial charge in [-0.05, 0) is 43.4 Å². The molecule has 1 aromatic rings. The molecule has 0 unspecified atom stereocenters. The maximum atomic E-state index is 5.93. The number of nitrogens with zero attached hydrogens (tertiary/aromatic N) is 2. The topological polar surface area (TPSA) is 50.9 Å². The van der Waals surface area contributed by atoms with Crippen molar-refractivity contribution in [3.63, 3.8) is 0 Å². The number of nitrogens with two attached hydrogens (primary N) is 1. The minimum Gasteiger partial charge on any atom is -0.497 e. The summed E-state index contributed by atoms with van der Waals surface area (Å²) in [6.45, 7) is 0.787. The van der Waals surface area contributed by atoms with Crippen molar-refractivity contribution < 1.29 is 4.74 Å². The number of hydrogen-bond donors (Lipinski definition) is 1. The van der Waals surface area contributed by atoms with Crippen molar-refractivity contribution in [2.24, 2.45) is 10.7 Å². The van der Waals surface area contributed by atoms with Gasteiger partial charge in [0.25, 0.3) is 0 Å². The molecule has 112 valence electrons. The first-order valence-corrected chi connectivity index (χ1v) is 6.86. The first-order valence-electron chi connectivity index (χ1n) is 6.86. The third-order valence-corrected chi connectivity index (χ3v) is 3.51. The molecule has 1 aromatic carbocycles. The number of aliphatic imine (C=N–C) groups is 1. The van der Waals surface area contributed by atoms with Crippen LogP contribution < -0.4 is 10.5 Å². The van der Waals surface area contributed by atoms with Gasteiger partial charge in [-0.15, -0.1) is 24.0 Å². The van der Waals surface area contributed by atoms with Crippen molar-refractivity contribution in [2.75, 3.05) is 20.7 Å². The van der Waals surface area contributed by atoms with E-state index in [4.69, 9.17) is 10.5 Å². The van der Waals surface area contributed by atoms with Crippen molar-refractivity contribution >= 4 is 29.9 Å². The number of guanidine groups is 1. The van der Waals surface area contributed by atoms with Crippen molar-refractivity contribution in [1.29, 1.82) is 0 Å². The molecule has 0 amide bonds. The lowest BCUT2D eigenvalue weighted by Gasteiger charge is -2.16. The Bertz CT molecular complexity index is 429. The fourth-order valence-corrected chi connectivity index (χ4v) is 2.03. The lowest BCUT2D eigenvalue weighted by Crippen LogP contribution is -2.35. The molecule has 0 bridgehead atoms. The quantitative estimate of drug-likeness (QED) is 0.352. The smallest absolute Gasteiger partial charge is 0.191 e. The summed E-state index contributed by atoms with van der Waals surface area (Å²) in [5.74, 6) is 1.58. The number of benzene rings is 1. The van der Waals surface area contributed by atoms with Gasteiger partial charge >= 0.3 is 0 Å². The molecule has 2 rings (SSSR count). The van der Waals surface area contributed by atoms with Crippen LogP contribution in [0.25, 0.3) is 0 Å². The van der Waals surface area contributed by atoms with E-state index in [9.17, 15) is 0 Å². The summed E-state index contributed by atoms with van der Waals surface area (Å²) in [7, 11) is 3.71. The molecular weight excluding hydrogens is 365 g/mol. The third kappa shape index (κ3) is 5.19. The van der Waals surface area contributed by atoms with E-state index >= 15 is 0 Å². The largest absolute Gasteiger partial charge is 0.497 e. The molecule has 0 radical (unpaired) electrons. The Kier molecular flexibility index (Phi) is 7.12. The van der Waals surface area contributed by atoms with Crippen molar-refractivity contribution in [2.45, 2.75) is 31.7 Å². The summed E-state index contributed by atoms with van der Waals surface area (Å²) in [6.07, 6.45) is 4.54. The van der Waals surface area contributed by atoms with E-state index in [1.54, 1.807) is 7.11 Å². The minimum atomic E-state index is 0. The molecule has 1 aliphatic rings. The van der Waals surface area contributed by atoms with Gasteiger partial charge in [0.05, 0.1) is 7.11 Å². The molecule has 20 heavy (non-hydrogen) atoms. The van der Waals surface area contributed by atoms with Crippen molar-refractivity contribution in [3.8, 4) is 5.75 Å². The molecule has 1 saturated carbocycles. The number of aryl methyl sites for hydroxylation is 1. The maximum absolute atomic E-state index is 5.93. The van der Waals surface area contributed by atoms with Crippen LogP contribution in [0.15, 0.2) is 29.3 Å². The van der Waals surface area contributed by atoms with Gasteiger partial charge in [-0.2, -0.15) is 0 Å². The summed E-state index contributed by atoms with van der Waals surface area (Å²) >= 11 is 0. The number of methoxy groups -OCH3 is 1. The Balaban J connectivity index is 0.00000200. The van der Waals surface area contributed by atoms with E-state index in [1.165, 1.54) is 18.4 Å². The normalized spacial score (nSPS) is 14.6. The van der Waals surface area contributed by atoms with Gasteiger partial charge in [0.2, 0.25) is 0 Å². The Morgan fingerprint density at radius 2 is 2.00 bits per heavy atom. The fourth-order valence-electron chi connectivity index (χ4n) is 2.03. The Morgan fingerprint density at radius 1 is 1.35 bits per heavy atom. The van der Waals surface area contributed by atoms with Crippen LogP contribution in [0.1, 0.15) is 24.8 Å². The maximum Gasteiger partial charge on any atom is 0.191 e. The van der Waals surface area contributed by atoms with Crippen molar-refractivity contribution in [3.05, 3.63) is 29.8 Å². The zero-order chi connectivity index (χ0) is 13.7. The van der Waals surface area contributed by atoms with Crippen LogP contribution in [0.5, 0.6) is 5.75 Å². The summed E-state index contributed by atoms with van der Waals surface area (Å²) in [5, 5.41) is 0. The number of halogens is 1. The summed E-state index contributed by atoms with van der Waals surface area (Å²) in [4.78, 5) is 6.52. The van der Waals surface area contributed by atoms with Crippen LogP contribution in [0.3, 0.4) is 0 Å². The monoisotopic (exact) mass is 389 g/mol. The third-order valence-electron chi connectivity index (χ3n) is 3.51. The predicted octanol–water partition coefficient (Wildman–Crippen LogP) is 2.65. The van der Waals surface area contributed by atoms with Crippen LogP contribution in [-0.4, -0.2) is 37.6 Å². The van der Waals surface area contributed by atoms with Crippen molar-refractivity contribution in [1.82, 2.24) is 4.90 Å². The molecule has 0 saturated heterocycles. The predicted molar refractivity (Wildman–Crippen MR) is 94.0 cm³/mol. The minimum absolute atomic E-state index is 0. The standard InChI is InChI=1S/C15H23N3O.HI/c1-18(13-7-8-13)15(16)17-11-3-4-12-5-9-14(19-2)10-6-12;/h5-6,9-10,13H,3-4,7-8,11H2,1-2H3,(H2,16,17);1H. The van der Waals surface area contributed by atoms with Crippen LogP contribution in [0, 0.1) is 0 Å². The SMILES string of the molecule is COc1ccc(CCCN=C(N)N(C)C2CC2)cc1.I. The molecule has 0 aliphatic heterocycles. The molecule has 0 spiro atoms. The van der Waals surface area contributed by atoms with Gasteiger partial charge in [-0.1, -0.05) is 12.1 Å². The molecule has 5 heteroatoms. The summed E-state index contributed by atoms with van der Waals surface area (Å²) < 4.78 is 5.14. The molecule has 0 heterocycles. The van der Waals surface area contributed by atoms with E-state index in [1.807, 2.05) is 19.2 Å². The van der Waals surface area contributed by atoms with E-state index in [0.29, 0.717) is 12.0 Å². The fraction of sp³-hybridized carbons (Fsp3) is 0.533. The lowest BCUT2D eigenvalue weighted by atomic mass is 10.1. The summed E-state index contributed by atoms with van der Waals surface area (Å²) in [5.41, 5.74) is 7.25. The molecular formula is C15H24IN3O. The highest BCUT2D eigenvalue weighted by atomic mass is 127. The molecule has 0 aromatic heterocycles. The van der Waals surface area contributed by atoms with E-state index in [0.717, 1.165) is 25.1 Å². The summed E-state index contributed by atoms with van der Waals surface area (Å²) in [6, 6.07) is 8.82. The van der Waals surface area contributed by atoms with Crippen LogP contribution >= 0.6 is 24.0 Å². The highest BCUT2D eigenvalue weighted by molar-refractivity contribution is 14.0. The van der Waals surface area contributed by atoms with Gasteiger partial charge in [-0.3, -0.25) is 4.99 Å². The zero-order valence-electron chi connectivity index (χ0n) is 12.2. The number of rotatable bonds is 6. The second-order valence-corrected chi connectivity index (χ2v) is 5.03. The Labute approximate surface area is 138 Å². The number of ether oxygens (including phenoxy) is 1. The van der Waals surface area contributed by atoms with Gasteiger partial charge in [0.15, 0.2) is 5.96 Å². The van der Waals surface area contributed by atoms with E-state index < -0.39 is 0 Å². The van der Waals surface area contributed by atoms with Crippen LogP contribution in [-0.2, 0) is 6.42 Å². The average Bonchev–Trinajstić information content (AvgIpc) is 3.27. The first kappa shape index (κ1) is 17.1. The molecule has 1 fully saturated rings. The Morgan fingerprint density at radius 3 is 2.55 bits per heavy atom. The van der Waals surface area contributed by atoms with Gasteiger partial charge in [0, 0.05) is 19.6 Å². The molecule has 2 N–H and O–H groups in total. The first-order chi connectivity index (χ1) is 9.20. The van der Waals surface area contributed by atoms with Gasteiger partial charge in [0.1, 0.15) is 5.75 Å². The second-order valence-electron chi connectivity index (χ2n) is 5.03. The average molecular weight is 389 g/mol.